The summed E-state index contributed by atoms with van der Waals surface area (Å²) in [5.74, 6) is -0.0715. The summed E-state index contributed by atoms with van der Waals surface area (Å²) in [6.07, 6.45) is 7.33. The van der Waals surface area contributed by atoms with E-state index >= 15 is 0 Å². The van der Waals surface area contributed by atoms with Gasteiger partial charge >= 0.3 is 5.97 Å². The molecule has 0 bridgehead atoms. The van der Waals surface area contributed by atoms with Gasteiger partial charge in [-0.05, 0) is 63.0 Å². The maximum absolute atomic E-state index is 12.9. The van der Waals surface area contributed by atoms with Crippen molar-refractivity contribution in [3.8, 4) is 0 Å². The molecule has 2 aliphatic rings. The van der Waals surface area contributed by atoms with Crippen molar-refractivity contribution < 1.29 is 14.3 Å². The standard InChI is InChI=1S/C22H26N2O3/c1-14(15-11-12-15)23-20(25)13-27-22(26)21-16-7-3-2-4-9-18(16)24-19-10-6-5-8-17(19)21/h5-6,8,10,14-15H,2-4,7,9,11-13H2,1H3,(H,23,25). The molecule has 1 N–H and O–H groups in total. The number of carbonyl (C=O) groups is 2. The van der Waals surface area contributed by atoms with Crippen molar-refractivity contribution in [3.63, 3.8) is 0 Å². The Morgan fingerprint density at radius 1 is 1.19 bits per heavy atom. The summed E-state index contributed by atoms with van der Waals surface area (Å²) in [6, 6.07) is 7.84. The van der Waals surface area contributed by atoms with Gasteiger partial charge in [0.05, 0.1) is 11.1 Å². The fraction of sp³-hybridized carbons (Fsp3) is 0.500. The molecular weight excluding hydrogens is 340 g/mol. The highest BCUT2D eigenvalue weighted by atomic mass is 16.5. The van der Waals surface area contributed by atoms with Gasteiger partial charge in [-0.2, -0.15) is 0 Å². The Bertz CT molecular complexity index is 873. The molecule has 0 saturated heterocycles. The molecule has 1 amide bonds. The Labute approximate surface area is 159 Å². The van der Waals surface area contributed by atoms with Crippen LogP contribution in [0.25, 0.3) is 10.9 Å². The number of hydrogen-bond donors (Lipinski definition) is 1. The molecule has 1 fully saturated rings. The number of aromatic nitrogens is 1. The summed E-state index contributed by atoms with van der Waals surface area (Å²) >= 11 is 0. The lowest BCUT2D eigenvalue weighted by Crippen LogP contribution is -2.37. The Hall–Kier alpha value is -2.43. The van der Waals surface area contributed by atoms with Crippen molar-refractivity contribution in [1.29, 1.82) is 0 Å². The SMILES string of the molecule is CC(NC(=O)COC(=O)c1c2c(nc3ccccc13)CCCCC2)C1CC1. The first-order valence-electron chi connectivity index (χ1n) is 10.0. The van der Waals surface area contributed by atoms with Crippen LogP contribution in [0.3, 0.4) is 0 Å². The van der Waals surface area contributed by atoms with E-state index in [1.54, 1.807) is 0 Å². The number of fused-ring (bicyclic) bond motifs is 2. The molecule has 0 spiro atoms. The van der Waals surface area contributed by atoms with Crippen LogP contribution in [-0.2, 0) is 22.4 Å². The highest BCUT2D eigenvalue weighted by Crippen LogP contribution is 2.32. The van der Waals surface area contributed by atoms with E-state index in [0.29, 0.717) is 11.5 Å². The van der Waals surface area contributed by atoms with Gasteiger partial charge in [-0.1, -0.05) is 24.6 Å². The number of aryl methyl sites for hydroxylation is 1. The van der Waals surface area contributed by atoms with E-state index in [2.05, 4.69) is 5.32 Å². The number of hydrogen-bond acceptors (Lipinski definition) is 4. The van der Waals surface area contributed by atoms with Crippen LogP contribution in [0, 0.1) is 5.92 Å². The number of benzene rings is 1. The second-order valence-electron chi connectivity index (χ2n) is 7.76. The van der Waals surface area contributed by atoms with E-state index in [1.807, 2.05) is 31.2 Å². The maximum Gasteiger partial charge on any atom is 0.339 e. The van der Waals surface area contributed by atoms with E-state index in [4.69, 9.17) is 9.72 Å². The number of para-hydroxylation sites is 1. The summed E-state index contributed by atoms with van der Waals surface area (Å²) in [7, 11) is 0. The number of carbonyl (C=O) groups excluding carboxylic acids is 2. The third-order valence-electron chi connectivity index (χ3n) is 5.68. The lowest BCUT2D eigenvalue weighted by Gasteiger charge is -2.16. The molecule has 1 unspecified atom stereocenters. The highest BCUT2D eigenvalue weighted by Gasteiger charge is 2.29. The number of amides is 1. The first-order valence-corrected chi connectivity index (χ1v) is 10.0. The summed E-state index contributed by atoms with van der Waals surface area (Å²) < 4.78 is 5.43. The number of nitrogens with zero attached hydrogens (tertiary/aromatic N) is 1. The molecule has 5 heteroatoms. The first-order chi connectivity index (χ1) is 13.1. The van der Waals surface area contributed by atoms with Crippen LogP contribution in [0.1, 0.15) is 60.6 Å². The summed E-state index contributed by atoms with van der Waals surface area (Å²) in [6.45, 7) is 1.77. The number of esters is 1. The van der Waals surface area contributed by atoms with Crippen LogP contribution in [-0.4, -0.2) is 29.5 Å². The van der Waals surface area contributed by atoms with Gasteiger partial charge in [-0.15, -0.1) is 0 Å². The number of rotatable bonds is 5. The summed E-state index contributed by atoms with van der Waals surface area (Å²) in [5, 5.41) is 3.74. The Kier molecular flexibility index (Phi) is 5.10. The molecule has 1 aromatic heterocycles. The number of pyridine rings is 1. The first kappa shape index (κ1) is 18.0. The van der Waals surface area contributed by atoms with Crippen LogP contribution < -0.4 is 5.32 Å². The van der Waals surface area contributed by atoms with E-state index < -0.39 is 5.97 Å². The number of ether oxygens (including phenoxy) is 1. The fourth-order valence-corrected chi connectivity index (χ4v) is 4.00. The lowest BCUT2D eigenvalue weighted by atomic mass is 9.97. The number of nitrogens with one attached hydrogen (secondary N) is 1. The third-order valence-corrected chi connectivity index (χ3v) is 5.68. The maximum atomic E-state index is 12.9. The van der Waals surface area contributed by atoms with Gasteiger partial charge in [-0.25, -0.2) is 4.79 Å². The Morgan fingerprint density at radius 3 is 2.78 bits per heavy atom. The molecular formula is C22H26N2O3. The minimum Gasteiger partial charge on any atom is -0.452 e. The second kappa shape index (κ2) is 7.67. The second-order valence-corrected chi connectivity index (χ2v) is 7.76. The van der Waals surface area contributed by atoms with Crippen molar-refractivity contribution in [2.75, 3.05) is 6.61 Å². The van der Waals surface area contributed by atoms with Crippen LogP contribution in [0.5, 0.6) is 0 Å². The van der Waals surface area contributed by atoms with Gasteiger partial charge < -0.3 is 10.1 Å². The predicted octanol–water partition coefficient (Wildman–Crippen LogP) is 3.58. The zero-order chi connectivity index (χ0) is 18.8. The third kappa shape index (κ3) is 3.97. The average Bonchev–Trinajstić information content (AvgIpc) is 3.51. The molecule has 2 aromatic rings. The van der Waals surface area contributed by atoms with Crippen LogP contribution in [0.15, 0.2) is 24.3 Å². The van der Waals surface area contributed by atoms with Crippen molar-refractivity contribution in [3.05, 3.63) is 41.1 Å². The van der Waals surface area contributed by atoms with Gasteiger partial charge in [0.1, 0.15) is 0 Å². The van der Waals surface area contributed by atoms with Crippen molar-refractivity contribution in [2.45, 2.75) is 57.9 Å². The lowest BCUT2D eigenvalue weighted by molar-refractivity contribution is -0.124. The van der Waals surface area contributed by atoms with Gasteiger partial charge in [-0.3, -0.25) is 9.78 Å². The molecule has 1 saturated carbocycles. The van der Waals surface area contributed by atoms with Crippen molar-refractivity contribution >= 4 is 22.8 Å². The van der Waals surface area contributed by atoms with Gasteiger partial charge in [0.2, 0.25) is 0 Å². The van der Waals surface area contributed by atoms with Gasteiger partial charge in [0, 0.05) is 17.1 Å². The smallest absolute Gasteiger partial charge is 0.339 e. The molecule has 4 rings (SSSR count). The van der Waals surface area contributed by atoms with Gasteiger partial charge in [0.15, 0.2) is 6.61 Å². The fourth-order valence-electron chi connectivity index (χ4n) is 4.00. The molecule has 27 heavy (non-hydrogen) atoms. The molecule has 5 nitrogen and oxygen atoms in total. The molecule has 0 aliphatic heterocycles. The summed E-state index contributed by atoms with van der Waals surface area (Å²) in [4.78, 5) is 29.9. The van der Waals surface area contributed by atoms with E-state index in [9.17, 15) is 9.59 Å². The largest absolute Gasteiger partial charge is 0.452 e. The Balaban J connectivity index is 1.56. The van der Waals surface area contributed by atoms with Crippen LogP contribution in [0.4, 0.5) is 0 Å². The van der Waals surface area contributed by atoms with Crippen molar-refractivity contribution in [2.24, 2.45) is 5.92 Å². The van der Waals surface area contributed by atoms with Crippen LogP contribution in [0.2, 0.25) is 0 Å². The van der Waals surface area contributed by atoms with E-state index in [-0.39, 0.29) is 18.6 Å². The molecule has 142 valence electrons. The van der Waals surface area contributed by atoms with E-state index in [0.717, 1.165) is 67.1 Å². The highest BCUT2D eigenvalue weighted by molar-refractivity contribution is 6.05. The van der Waals surface area contributed by atoms with Gasteiger partial charge in [0.25, 0.3) is 5.91 Å². The minimum absolute atomic E-state index is 0.147. The monoisotopic (exact) mass is 366 g/mol. The van der Waals surface area contributed by atoms with Crippen LogP contribution >= 0.6 is 0 Å². The average molecular weight is 366 g/mol. The zero-order valence-electron chi connectivity index (χ0n) is 15.8. The minimum atomic E-state index is -0.416. The molecule has 2 aliphatic carbocycles. The summed E-state index contributed by atoms with van der Waals surface area (Å²) in [5.41, 5.74) is 3.42. The Morgan fingerprint density at radius 2 is 1.96 bits per heavy atom. The normalized spacial score (nSPS) is 17.7. The molecule has 1 heterocycles. The topological polar surface area (TPSA) is 68.3 Å². The predicted molar refractivity (Wildman–Crippen MR) is 104 cm³/mol. The zero-order valence-corrected chi connectivity index (χ0v) is 15.8. The molecule has 1 atom stereocenters. The molecule has 0 radical (unpaired) electrons. The molecule has 1 aromatic carbocycles. The van der Waals surface area contributed by atoms with E-state index in [1.165, 1.54) is 0 Å². The van der Waals surface area contributed by atoms with Crippen molar-refractivity contribution in [1.82, 2.24) is 10.3 Å². The quantitative estimate of drug-likeness (QED) is 0.649.